The number of likely N-dealkylation sites (tertiary alicyclic amines) is 1. The van der Waals surface area contributed by atoms with E-state index in [1.807, 2.05) is 20.0 Å². The van der Waals surface area contributed by atoms with Crippen molar-refractivity contribution in [1.82, 2.24) is 25.2 Å². The highest BCUT2D eigenvalue weighted by atomic mass is 32.1. The molecule has 2 aromatic heterocycles. The predicted molar refractivity (Wildman–Crippen MR) is 89.4 cm³/mol. The third-order valence-electron chi connectivity index (χ3n) is 4.25. The standard InChI is InChI=1S/C16H21N5OS/c1-10-15(23-9-19-10)16(22)18-8-12-7-17-11(2)20-14(12)13-5-4-6-21(13)3/h7,9,13H,4-6,8H2,1-3H3,(H,18,22). The molecule has 1 saturated heterocycles. The number of rotatable bonds is 4. The Morgan fingerprint density at radius 3 is 2.91 bits per heavy atom. The maximum absolute atomic E-state index is 12.3. The van der Waals surface area contributed by atoms with Crippen LogP contribution in [0, 0.1) is 13.8 Å². The van der Waals surface area contributed by atoms with Gasteiger partial charge in [0, 0.05) is 18.3 Å². The SMILES string of the molecule is Cc1ncc(CNC(=O)c2scnc2C)c(C2CCCN2C)n1. The van der Waals surface area contributed by atoms with Gasteiger partial charge in [-0.1, -0.05) is 0 Å². The van der Waals surface area contributed by atoms with Crippen molar-refractivity contribution in [3.05, 3.63) is 39.4 Å². The van der Waals surface area contributed by atoms with Gasteiger partial charge in [0.05, 0.1) is 22.9 Å². The highest BCUT2D eigenvalue weighted by Gasteiger charge is 2.26. The summed E-state index contributed by atoms with van der Waals surface area (Å²) in [5.74, 6) is 0.685. The molecule has 1 aliphatic heterocycles. The van der Waals surface area contributed by atoms with Gasteiger partial charge < -0.3 is 5.32 Å². The van der Waals surface area contributed by atoms with Gasteiger partial charge in [-0.25, -0.2) is 15.0 Å². The van der Waals surface area contributed by atoms with Crippen molar-refractivity contribution in [1.29, 1.82) is 0 Å². The van der Waals surface area contributed by atoms with Gasteiger partial charge in [0.25, 0.3) is 5.91 Å². The first-order chi connectivity index (χ1) is 11.1. The van der Waals surface area contributed by atoms with Crippen molar-refractivity contribution in [3.8, 4) is 0 Å². The van der Waals surface area contributed by atoms with Gasteiger partial charge in [-0.15, -0.1) is 11.3 Å². The first-order valence-corrected chi connectivity index (χ1v) is 8.65. The van der Waals surface area contributed by atoms with Crippen molar-refractivity contribution < 1.29 is 4.79 Å². The molecule has 0 radical (unpaired) electrons. The molecular weight excluding hydrogens is 310 g/mol. The fourth-order valence-corrected chi connectivity index (χ4v) is 3.69. The Balaban J connectivity index is 1.77. The summed E-state index contributed by atoms with van der Waals surface area (Å²) < 4.78 is 0. The van der Waals surface area contributed by atoms with Gasteiger partial charge in [-0.05, 0) is 40.3 Å². The van der Waals surface area contributed by atoms with Crippen LogP contribution in [0.3, 0.4) is 0 Å². The van der Waals surface area contributed by atoms with Crippen molar-refractivity contribution in [2.24, 2.45) is 0 Å². The summed E-state index contributed by atoms with van der Waals surface area (Å²) in [6.07, 6.45) is 4.11. The minimum atomic E-state index is -0.0868. The van der Waals surface area contributed by atoms with Crippen LogP contribution in [0.25, 0.3) is 0 Å². The summed E-state index contributed by atoms with van der Waals surface area (Å²) in [4.78, 5) is 28.3. The lowest BCUT2D eigenvalue weighted by atomic mass is 10.1. The molecule has 7 heteroatoms. The lowest BCUT2D eigenvalue weighted by Crippen LogP contribution is -2.26. The second kappa shape index (κ2) is 6.72. The Morgan fingerprint density at radius 1 is 1.43 bits per heavy atom. The fraction of sp³-hybridized carbons (Fsp3) is 0.500. The van der Waals surface area contributed by atoms with Gasteiger partial charge in [0.1, 0.15) is 10.7 Å². The maximum atomic E-state index is 12.3. The molecule has 0 spiro atoms. The summed E-state index contributed by atoms with van der Waals surface area (Å²) in [6, 6.07) is 0.314. The quantitative estimate of drug-likeness (QED) is 0.930. The van der Waals surface area contributed by atoms with Gasteiger partial charge in [-0.3, -0.25) is 9.69 Å². The molecule has 0 aromatic carbocycles. The lowest BCUT2D eigenvalue weighted by Gasteiger charge is -2.21. The molecule has 2 aromatic rings. The van der Waals surface area contributed by atoms with Gasteiger partial charge >= 0.3 is 0 Å². The average Bonchev–Trinajstić information content (AvgIpc) is 3.14. The number of nitrogens with zero attached hydrogens (tertiary/aromatic N) is 4. The Bertz CT molecular complexity index is 714. The second-order valence-corrected chi connectivity index (χ2v) is 6.77. The van der Waals surface area contributed by atoms with Crippen LogP contribution in [0.2, 0.25) is 0 Å². The van der Waals surface area contributed by atoms with Crippen molar-refractivity contribution >= 4 is 17.2 Å². The van der Waals surface area contributed by atoms with E-state index in [0.717, 1.165) is 35.7 Å². The van der Waals surface area contributed by atoms with Crippen LogP contribution in [0.5, 0.6) is 0 Å². The molecule has 1 atom stereocenters. The predicted octanol–water partition coefficient (Wildman–Crippen LogP) is 2.25. The van der Waals surface area contributed by atoms with E-state index in [1.165, 1.54) is 17.8 Å². The summed E-state index contributed by atoms with van der Waals surface area (Å²) in [7, 11) is 2.12. The van der Waals surface area contributed by atoms with Crippen molar-refractivity contribution in [2.45, 2.75) is 39.3 Å². The maximum Gasteiger partial charge on any atom is 0.263 e. The molecule has 1 amide bonds. The van der Waals surface area contributed by atoms with Crippen LogP contribution in [0.15, 0.2) is 11.7 Å². The van der Waals surface area contributed by atoms with Gasteiger partial charge in [0.15, 0.2) is 0 Å². The zero-order chi connectivity index (χ0) is 16.4. The molecule has 0 saturated carbocycles. The second-order valence-electron chi connectivity index (χ2n) is 5.92. The number of aromatic nitrogens is 3. The molecular formula is C16H21N5OS. The first kappa shape index (κ1) is 16.0. The van der Waals surface area contributed by atoms with E-state index in [-0.39, 0.29) is 5.91 Å². The minimum Gasteiger partial charge on any atom is -0.347 e. The van der Waals surface area contributed by atoms with Gasteiger partial charge in [0.2, 0.25) is 0 Å². The number of hydrogen-bond donors (Lipinski definition) is 1. The number of nitrogens with one attached hydrogen (secondary N) is 1. The van der Waals surface area contributed by atoms with E-state index in [0.29, 0.717) is 17.5 Å². The zero-order valence-electron chi connectivity index (χ0n) is 13.7. The first-order valence-electron chi connectivity index (χ1n) is 7.77. The van der Waals surface area contributed by atoms with Crippen LogP contribution in [-0.4, -0.2) is 39.4 Å². The summed E-state index contributed by atoms with van der Waals surface area (Å²) in [5.41, 5.74) is 4.49. The smallest absolute Gasteiger partial charge is 0.263 e. The summed E-state index contributed by atoms with van der Waals surface area (Å²) in [5, 5.41) is 2.97. The third-order valence-corrected chi connectivity index (χ3v) is 5.17. The molecule has 3 heterocycles. The molecule has 6 nitrogen and oxygen atoms in total. The normalized spacial score (nSPS) is 18.3. The minimum absolute atomic E-state index is 0.0868. The van der Waals surface area contributed by atoms with E-state index >= 15 is 0 Å². The van der Waals surface area contributed by atoms with E-state index < -0.39 is 0 Å². The lowest BCUT2D eigenvalue weighted by molar-refractivity contribution is 0.0954. The number of amides is 1. The number of hydrogen-bond acceptors (Lipinski definition) is 6. The Morgan fingerprint density at radius 2 is 2.26 bits per heavy atom. The molecule has 0 bridgehead atoms. The van der Waals surface area contributed by atoms with Crippen LogP contribution < -0.4 is 5.32 Å². The third kappa shape index (κ3) is 3.40. The fourth-order valence-electron chi connectivity index (χ4n) is 2.97. The summed E-state index contributed by atoms with van der Waals surface area (Å²) in [6.45, 7) is 5.27. The topological polar surface area (TPSA) is 71.0 Å². The molecule has 122 valence electrons. The molecule has 1 unspecified atom stereocenters. The van der Waals surface area contributed by atoms with E-state index in [4.69, 9.17) is 0 Å². The van der Waals surface area contributed by atoms with Crippen molar-refractivity contribution in [2.75, 3.05) is 13.6 Å². The van der Waals surface area contributed by atoms with Crippen molar-refractivity contribution in [3.63, 3.8) is 0 Å². The number of carbonyl (C=O) groups excluding carboxylic acids is 1. The zero-order valence-corrected chi connectivity index (χ0v) is 14.5. The Kier molecular flexibility index (Phi) is 4.68. The number of carbonyl (C=O) groups is 1. The molecule has 0 aliphatic carbocycles. The van der Waals surface area contributed by atoms with E-state index in [9.17, 15) is 4.79 Å². The molecule has 23 heavy (non-hydrogen) atoms. The highest BCUT2D eigenvalue weighted by Crippen LogP contribution is 2.31. The highest BCUT2D eigenvalue weighted by molar-refractivity contribution is 7.11. The molecule has 3 rings (SSSR count). The monoisotopic (exact) mass is 331 g/mol. The van der Waals surface area contributed by atoms with E-state index in [1.54, 1.807) is 5.51 Å². The Labute approximate surface area is 140 Å². The number of thiazole rings is 1. The largest absolute Gasteiger partial charge is 0.347 e. The molecule has 1 aliphatic rings. The van der Waals surface area contributed by atoms with Crippen LogP contribution in [0.1, 0.15) is 51.3 Å². The Hall–Kier alpha value is -1.86. The van der Waals surface area contributed by atoms with Crippen LogP contribution in [-0.2, 0) is 6.54 Å². The van der Waals surface area contributed by atoms with Crippen LogP contribution in [0.4, 0.5) is 0 Å². The van der Waals surface area contributed by atoms with E-state index in [2.05, 4.69) is 32.2 Å². The average molecular weight is 331 g/mol. The van der Waals surface area contributed by atoms with Gasteiger partial charge in [-0.2, -0.15) is 0 Å². The summed E-state index contributed by atoms with van der Waals surface area (Å²) >= 11 is 1.36. The number of aryl methyl sites for hydroxylation is 2. The molecule has 1 fully saturated rings. The van der Waals surface area contributed by atoms with Crippen LogP contribution >= 0.6 is 11.3 Å². The molecule has 1 N–H and O–H groups in total.